The lowest BCUT2D eigenvalue weighted by Crippen LogP contribution is -2.46. The number of nitrogens with zero attached hydrogens (tertiary/aromatic N) is 6. The molecule has 0 N–H and O–H groups in total. The predicted octanol–water partition coefficient (Wildman–Crippen LogP) is 0.863. The van der Waals surface area contributed by atoms with Gasteiger partial charge in [-0.1, -0.05) is 0 Å². The Balaban J connectivity index is 1.60. The third-order valence-electron chi connectivity index (χ3n) is 2.95. The summed E-state index contributed by atoms with van der Waals surface area (Å²) in [6.07, 6.45) is 1.82. The SMILES string of the molecule is COCc1nsc(N2CCN(c3cnsn3)CC2)n1. The summed E-state index contributed by atoms with van der Waals surface area (Å²) in [5, 5.41) is 0.975. The molecule has 1 saturated heterocycles. The Morgan fingerprint density at radius 3 is 2.68 bits per heavy atom. The Morgan fingerprint density at radius 1 is 1.21 bits per heavy atom. The lowest BCUT2D eigenvalue weighted by Gasteiger charge is -2.34. The van der Waals surface area contributed by atoms with Crippen LogP contribution in [0.4, 0.5) is 10.9 Å². The average molecular weight is 298 g/mol. The number of ether oxygens (including phenoxy) is 1. The first-order chi connectivity index (χ1) is 9.36. The van der Waals surface area contributed by atoms with Crippen molar-refractivity contribution >= 4 is 34.2 Å². The second-order valence-electron chi connectivity index (χ2n) is 4.17. The largest absolute Gasteiger partial charge is 0.377 e. The first kappa shape index (κ1) is 12.7. The molecule has 0 atom stereocenters. The summed E-state index contributed by atoms with van der Waals surface area (Å²) in [5.41, 5.74) is 0. The zero-order valence-electron chi connectivity index (χ0n) is 10.5. The van der Waals surface area contributed by atoms with E-state index in [4.69, 9.17) is 4.74 Å². The fourth-order valence-electron chi connectivity index (χ4n) is 1.99. The summed E-state index contributed by atoms with van der Waals surface area (Å²) in [4.78, 5) is 8.98. The van der Waals surface area contributed by atoms with Crippen LogP contribution in [0.1, 0.15) is 5.82 Å². The van der Waals surface area contributed by atoms with E-state index in [0.717, 1.165) is 43.0 Å². The third-order valence-corrected chi connectivity index (χ3v) is 4.24. The summed E-state index contributed by atoms with van der Waals surface area (Å²) in [6.45, 7) is 4.20. The quantitative estimate of drug-likeness (QED) is 0.829. The Morgan fingerprint density at radius 2 is 2.00 bits per heavy atom. The van der Waals surface area contributed by atoms with Crippen molar-refractivity contribution in [2.45, 2.75) is 6.61 Å². The van der Waals surface area contributed by atoms with Gasteiger partial charge in [-0.3, -0.25) is 0 Å². The van der Waals surface area contributed by atoms with Crippen LogP contribution in [0.3, 0.4) is 0 Å². The molecule has 0 spiro atoms. The van der Waals surface area contributed by atoms with Crippen LogP contribution in [-0.2, 0) is 11.3 Å². The van der Waals surface area contributed by atoms with E-state index in [1.807, 2.05) is 6.20 Å². The molecule has 0 aliphatic carbocycles. The van der Waals surface area contributed by atoms with E-state index in [0.29, 0.717) is 6.61 Å². The number of anilines is 2. The van der Waals surface area contributed by atoms with E-state index in [1.165, 1.54) is 23.3 Å². The minimum atomic E-state index is 0.473. The van der Waals surface area contributed by atoms with Gasteiger partial charge in [0.15, 0.2) is 11.6 Å². The molecule has 2 aromatic rings. The van der Waals surface area contributed by atoms with Crippen molar-refractivity contribution in [1.29, 1.82) is 0 Å². The highest BCUT2D eigenvalue weighted by Gasteiger charge is 2.21. The molecule has 0 unspecified atom stereocenters. The van der Waals surface area contributed by atoms with Crippen molar-refractivity contribution in [3.8, 4) is 0 Å². The Kier molecular flexibility index (Phi) is 3.85. The van der Waals surface area contributed by atoms with Crippen LogP contribution in [0.25, 0.3) is 0 Å². The molecule has 9 heteroatoms. The maximum atomic E-state index is 5.04. The Bertz CT molecular complexity index is 508. The van der Waals surface area contributed by atoms with Crippen LogP contribution in [0.2, 0.25) is 0 Å². The fourth-order valence-corrected chi connectivity index (χ4v) is 3.15. The van der Waals surface area contributed by atoms with Gasteiger partial charge in [0.05, 0.1) is 17.9 Å². The summed E-state index contributed by atoms with van der Waals surface area (Å²) >= 11 is 2.68. The third kappa shape index (κ3) is 2.82. The van der Waals surface area contributed by atoms with Gasteiger partial charge in [-0.05, 0) is 0 Å². The molecule has 0 bridgehead atoms. The summed E-state index contributed by atoms with van der Waals surface area (Å²) < 4.78 is 17.6. The highest BCUT2D eigenvalue weighted by Crippen LogP contribution is 2.21. The highest BCUT2D eigenvalue weighted by molar-refractivity contribution is 7.09. The van der Waals surface area contributed by atoms with Gasteiger partial charge >= 0.3 is 0 Å². The lowest BCUT2D eigenvalue weighted by atomic mass is 10.3. The zero-order chi connectivity index (χ0) is 13.1. The molecular weight excluding hydrogens is 284 g/mol. The number of hydrogen-bond donors (Lipinski definition) is 0. The van der Waals surface area contributed by atoms with Gasteiger partial charge in [0.1, 0.15) is 6.61 Å². The van der Waals surface area contributed by atoms with Gasteiger partial charge in [0.25, 0.3) is 0 Å². The van der Waals surface area contributed by atoms with Gasteiger partial charge in [-0.2, -0.15) is 13.1 Å². The molecule has 0 amide bonds. The molecule has 7 nitrogen and oxygen atoms in total. The second kappa shape index (κ2) is 5.76. The molecule has 3 rings (SSSR count). The minimum Gasteiger partial charge on any atom is -0.377 e. The smallest absolute Gasteiger partial charge is 0.205 e. The Labute approximate surface area is 119 Å². The van der Waals surface area contributed by atoms with Crippen molar-refractivity contribution in [2.24, 2.45) is 0 Å². The van der Waals surface area contributed by atoms with E-state index in [-0.39, 0.29) is 0 Å². The molecule has 1 aliphatic heterocycles. The van der Waals surface area contributed by atoms with Crippen molar-refractivity contribution in [3.05, 3.63) is 12.0 Å². The van der Waals surface area contributed by atoms with E-state index in [2.05, 4.69) is 27.9 Å². The molecule has 2 aromatic heterocycles. The molecule has 0 aromatic carbocycles. The molecule has 0 radical (unpaired) electrons. The van der Waals surface area contributed by atoms with E-state index >= 15 is 0 Å². The van der Waals surface area contributed by atoms with Crippen LogP contribution in [0.5, 0.6) is 0 Å². The molecule has 1 aliphatic rings. The van der Waals surface area contributed by atoms with Crippen LogP contribution in [0.15, 0.2) is 6.20 Å². The normalized spacial score (nSPS) is 16.1. The predicted molar refractivity (Wildman–Crippen MR) is 75.0 cm³/mol. The maximum absolute atomic E-state index is 5.04. The topological polar surface area (TPSA) is 67.3 Å². The first-order valence-corrected chi connectivity index (χ1v) is 7.46. The maximum Gasteiger partial charge on any atom is 0.205 e. The number of methoxy groups -OCH3 is 1. The van der Waals surface area contributed by atoms with Crippen LogP contribution in [-0.4, -0.2) is 51.4 Å². The average Bonchev–Trinajstić information content (AvgIpc) is 3.10. The second-order valence-corrected chi connectivity index (χ2v) is 5.45. The van der Waals surface area contributed by atoms with Crippen molar-refractivity contribution in [3.63, 3.8) is 0 Å². The molecule has 0 saturated carbocycles. The summed E-state index contributed by atoms with van der Waals surface area (Å²) in [7, 11) is 1.65. The molecular formula is C10H14N6OS2. The van der Waals surface area contributed by atoms with E-state index in [9.17, 15) is 0 Å². The first-order valence-electron chi connectivity index (χ1n) is 5.96. The fraction of sp³-hybridized carbons (Fsp3) is 0.600. The molecule has 1 fully saturated rings. The summed E-state index contributed by atoms with van der Waals surface area (Å²) in [5.74, 6) is 1.73. The lowest BCUT2D eigenvalue weighted by molar-refractivity contribution is 0.179. The van der Waals surface area contributed by atoms with E-state index < -0.39 is 0 Å². The van der Waals surface area contributed by atoms with Gasteiger partial charge in [-0.15, -0.1) is 0 Å². The zero-order valence-corrected chi connectivity index (χ0v) is 12.2. The standard InChI is InChI=1S/C10H14N6OS2/c1-17-7-8-12-10(18-13-8)16-4-2-15(3-5-16)9-6-11-19-14-9/h6H,2-5,7H2,1H3. The van der Waals surface area contributed by atoms with Crippen LogP contribution in [0, 0.1) is 0 Å². The van der Waals surface area contributed by atoms with Crippen molar-refractivity contribution < 1.29 is 4.74 Å². The minimum absolute atomic E-state index is 0.473. The summed E-state index contributed by atoms with van der Waals surface area (Å²) in [6, 6.07) is 0. The Hall–Kier alpha value is -1.32. The number of piperazine rings is 1. The highest BCUT2D eigenvalue weighted by atomic mass is 32.1. The van der Waals surface area contributed by atoms with Gasteiger partial charge < -0.3 is 14.5 Å². The van der Waals surface area contributed by atoms with Gasteiger partial charge in [0.2, 0.25) is 5.13 Å². The van der Waals surface area contributed by atoms with Gasteiger partial charge in [0, 0.05) is 44.8 Å². The van der Waals surface area contributed by atoms with Gasteiger partial charge in [-0.25, -0.2) is 4.98 Å². The monoisotopic (exact) mass is 298 g/mol. The number of hydrogen-bond acceptors (Lipinski definition) is 9. The molecule has 3 heterocycles. The molecule has 102 valence electrons. The van der Waals surface area contributed by atoms with Crippen molar-refractivity contribution in [1.82, 2.24) is 18.1 Å². The number of aromatic nitrogens is 4. The van der Waals surface area contributed by atoms with Crippen molar-refractivity contribution in [2.75, 3.05) is 43.1 Å². The molecule has 19 heavy (non-hydrogen) atoms. The number of rotatable bonds is 4. The van der Waals surface area contributed by atoms with E-state index in [1.54, 1.807) is 7.11 Å². The van der Waals surface area contributed by atoms with Crippen LogP contribution >= 0.6 is 23.3 Å². The van der Waals surface area contributed by atoms with Crippen LogP contribution < -0.4 is 9.80 Å².